The summed E-state index contributed by atoms with van der Waals surface area (Å²) < 4.78 is 0. The van der Waals surface area contributed by atoms with Crippen LogP contribution in [0.1, 0.15) is 18.2 Å². The summed E-state index contributed by atoms with van der Waals surface area (Å²) in [4.78, 5) is 5.68. The molecule has 2 rings (SSSR count). The molecule has 0 radical (unpaired) electrons. The average molecular weight is 177 g/mol. The van der Waals surface area contributed by atoms with Crippen LogP contribution >= 0.6 is 11.3 Å². The molecule has 2 aromatic rings. The number of thiophene rings is 1. The number of fused-ring (bicyclic) bond motifs is 1. The van der Waals surface area contributed by atoms with Crippen LogP contribution in [0.25, 0.3) is 10.2 Å². The number of pyridine rings is 1. The standard InChI is InChI=1S/C10H11NS/c1-3-8-6-9-4-5-12-10(9)11-7(8)2/h4-6H,3H2,1-2H3. The fourth-order valence-electron chi connectivity index (χ4n) is 1.39. The van der Waals surface area contributed by atoms with E-state index in [0.717, 1.165) is 11.3 Å². The van der Waals surface area contributed by atoms with E-state index < -0.39 is 0 Å². The number of aryl methyl sites for hydroxylation is 2. The van der Waals surface area contributed by atoms with Crippen LogP contribution in [0.15, 0.2) is 17.5 Å². The number of nitrogens with zero attached hydrogens (tertiary/aromatic N) is 1. The average Bonchev–Trinajstić information content (AvgIpc) is 2.49. The van der Waals surface area contributed by atoms with Crippen molar-refractivity contribution in [2.45, 2.75) is 20.3 Å². The first-order valence-electron chi connectivity index (χ1n) is 4.15. The molecule has 0 aliphatic carbocycles. The highest BCUT2D eigenvalue weighted by atomic mass is 32.1. The largest absolute Gasteiger partial charge is 0.242 e. The van der Waals surface area contributed by atoms with Crippen LogP contribution in [0.3, 0.4) is 0 Å². The van der Waals surface area contributed by atoms with Crippen LogP contribution in [-0.2, 0) is 6.42 Å². The zero-order valence-corrected chi connectivity index (χ0v) is 8.11. The van der Waals surface area contributed by atoms with Gasteiger partial charge in [-0.25, -0.2) is 4.98 Å². The lowest BCUT2D eigenvalue weighted by Crippen LogP contribution is -1.89. The zero-order valence-electron chi connectivity index (χ0n) is 7.29. The Kier molecular flexibility index (Phi) is 1.85. The lowest BCUT2D eigenvalue weighted by molar-refractivity contribution is 1.07. The molecule has 0 bridgehead atoms. The Morgan fingerprint density at radius 3 is 3.08 bits per heavy atom. The minimum atomic E-state index is 1.07. The van der Waals surface area contributed by atoms with E-state index in [0.29, 0.717) is 0 Å². The summed E-state index contributed by atoms with van der Waals surface area (Å²) in [6.45, 7) is 4.25. The molecule has 0 saturated heterocycles. The lowest BCUT2D eigenvalue weighted by atomic mass is 10.1. The van der Waals surface area contributed by atoms with Crippen LogP contribution in [0.4, 0.5) is 0 Å². The molecule has 0 aromatic carbocycles. The van der Waals surface area contributed by atoms with Crippen LogP contribution in [0.2, 0.25) is 0 Å². The molecule has 0 unspecified atom stereocenters. The van der Waals surface area contributed by atoms with Crippen molar-refractivity contribution in [2.75, 3.05) is 0 Å². The summed E-state index contributed by atoms with van der Waals surface area (Å²) in [6, 6.07) is 4.37. The highest BCUT2D eigenvalue weighted by molar-refractivity contribution is 7.16. The minimum absolute atomic E-state index is 1.07. The second-order valence-electron chi connectivity index (χ2n) is 2.90. The van der Waals surface area contributed by atoms with E-state index in [2.05, 4.69) is 36.3 Å². The van der Waals surface area contributed by atoms with Crippen molar-refractivity contribution in [3.63, 3.8) is 0 Å². The number of hydrogen-bond donors (Lipinski definition) is 0. The highest BCUT2D eigenvalue weighted by Gasteiger charge is 2.01. The second kappa shape index (κ2) is 2.87. The summed E-state index contributed by atoms with van der Waals surface area (Å²) in [5, 5.41) is 3.37. The van der Waals surface area contributed by atoms with Gasteiger partial charge in [0.15, 0.2) is 0 Å². The van der Waals surface area contributed by atoms with Gasteiger partial charge in [-0.1, -0.05) is 6.92 Å². The molecule has 0 N–H and O–H groups in total. The molecular weight excluding hydrogens is 166 g/mol. The van der Waals surface area contributed by atoms with Crippen molar-refractivity contribution < 1.29 is 0 Å². The van der Waals surface area contributed by atoms with E-state index in [4.69, 9.17) is 0 Å². The van der Waals surface area contributed by atoms with Crippen molar-refractivity contribution in [3.05, 3.63) is 28.8 Å². The molecule has 12 heavy (non-hydrogen) atoms. The molecule has 2 heterocycles. The van der Waals surface area contributed by atoms with Gasteiger partial charge in [0, 0.05) is 11.1 Å². The molecule has 2 heteroatoms. The quantitative estimate of drug-likeness (QED) is 0.652. The van der Waals surface area contributed by atoms with Crippen LogP contribution in [0.5, 0.6) is 0 Å². The number of hydrogen-bond acceptors (Lipinski definition) is 2. The molecule has 0 aliphatic heterocycles. The van der Waals surface area contributed by atoms with Gasteiger partial charge >= 0.3 is 0 Å². The molecule has 0 spiro atoms. The Morgan fingerprint density at radius 2 is 2.33 bits per heavy atom. The van der Waals surface area contributed by atoms with E-state index in [1.165, 1.54) is 16.6 Å². The van der Waals surface area contributed by atoms with Gasteiger partial charge in [0.05, 0.1) is 0 Å². The van der Waals surface area contributed by atoms with Crippen molar-refractivity contribution in [1.29, 1.82) is 0 Å². The monoisotopic (exact) mass is 177 g/mol. The summed E-state index contributed by atoms with van der Waals surface area (Å²) in [5.74, 6) is 0. The van der Waals surface area contributed by atoms with Crippen molar-refractivity contribution in [3.8, 4) is 0 Å². The van der Waals surface area contributed by atoms with Gasteiger partial charge in [0.1, 0.15) is 4.83 Å². The smallest absolute Gasteiger partial charge is 0.123 e. The molecular formula is C10H11NS. The fourth-order valence-corrected chi connectivity index (χ4v) is 2.18. The number of rotatable bonds is 1. The first kappa shape index (κ1) is 7.74. The number of aromatic nitrogens is 1. The third kappa shape index (κ3) is 1.12. The van der Waals surface area contributed by atoms with E-state index >= 15 is 0 Å². The van der Waals surface area contributed by atoms with Gasteiger partial charge in [-0.05, 0) is 36.4 Å². The Labute approximate surface area is 76.1 Å². The second-order valence-corrected chi connectivity index (χ2v) is 3.80. The SMILES string of the molecule is CCc1cc2ccsc2nc1C. The molecule has 0 atom stereocenters. The van der Waals surface area contributed by atoms with Crippen LogP contribution in [0, 0.1) is 6.92 Å². The predicted molar refractivity (Wildman–Crippen MR) is 53.7 cm³/mol. The van der Waals surface area contributed by atoms with Crippen LogP contribution in [-0.4, -0.2) is 4.98 Å². The summed E-state index contributed by atoms with van der Waals surface area (Å²) in [6.07, 6.45) is 1.07. The van der Waals surface area contributed by atoms with Gasteiger partial charge < -0.3 is 0 Å². The Bertz CT molecular complexity index is 403. The van der Waals surface area contributed by atoms with E-state index in [9.17, 15) is 0 Å². The normalized spacial score (nSPS) is 10.8. The van der Waals surface area contributed by atoms with Gasteiger partial charge in [0.2, 0.25) is 0 Å². The van der Waals surface area contributed by atoms with E-state index in [1.807, 2.05) is 0 Å². The summed E-state index contributed by atoms with van der Waals surface area (Å²) in [7, 11) is 0. The maximum Gasteiger partial charge on any atom is 0.123 e. The van der Waals surface area contributed by atoms with Crippen molar-refractivity contribution in [2.24, 2.45) is 0 Å². The van der Waals surface area contributed by atoms with Gasteiger partial charge in [0.25, 0.3) is 0 Å². The molecule has 62 valence electrons. The first-order chi connectivity index (χ1) is 5.81. The minimum Gasteiger partial charge on any atom is -0.242 e. The molecule has 0 aliphatic rings. The zero-order chi connectivity index (χ0) is 8.55. The summed E-state index contributed by atoms with van der Waals surface area (Å²) in [5.41, 5.74) is 2.54. The third-order valence-electron chi connectivity index (χ3n) is 2.12. The third-order valence-corrected chi connectivity index (χ3v) is 2.94. The van der Waals surface area contributed by atoms with E-state index in [1.54, 1.807) is 11.3 Å². The Hall–Kier alpha value is -0.890. The predicted octanol–water partition coefficient (Wildman–Crippen LogP) is 3.17. The molecule has 2 aromatic heterocycles. The lowest BCUT2D eigenvalue weighted by Gasteiger charge is -2.00. The summed E-state index contributed by atoms with van der Waals surface area (Å²) >= 11 is 1.71. The molecule has 0 amide bonds. The van der Waals surface area contributed by atoms with Gasteiger partial charge in [-0.15, -0.1) is 11.3 Å². The highest BCUT2D eigenvalue weighted by Crippen LogP contribution is 2.21. The van der Waals surface area contributed by atoms with Crippen LogP contribution < -0.4 is 0 Å². The molecule has 0 saturated carbocycles. The maximum atomic E-state index is 4.52. The van der Waals surface area contributed by atoms with Gasteiger partial charge in [-0.2, -0.15) is 0 Å². The Morgan fingerprint density at radius 1 is 1.50 bits per heavy atom. The topological polar surface area (TPSA) is 12.9 Å². The fraction of sp³-hybridized carbons (Fsp3) is 0.300. The first-order valence-corrected chi connectivity index (χ1v) is 5.03. The Balaban J connectivity index is 2.73. The molecule has 1 nitrogen and oxygen atoms in total. The maximum absolute atomic E-state index is 4.52. The van der Waals surface area contributed by atoms with Crippen molar-refractivity contribution >= 4 is 21.6 Å². The van der Waals surface area contributed by atoms with E-state index in [-0.39, 0.29) is 0 Å². The van der Waals surface area contributed by atoms with Crippen molar-refractivity contribution in [1.82, 2.24) is 4.98 Å². The van der Waals surface area contributed by atoms with Gasteiger partial charge in [-0.3, -0.25) is 0 Å². The molecule has 0 fully saturated rings.